The van der Waals surface area contributed by atoms with Crippen molar-refractivity contribution in [2.24, 2.45) is 0 Å². The fourth-order valence-electron chi connectivity index (χ4n) is 3.99. The molecule has 2 aliphatic rings. The maximum atomic E-state index is 12.5. The van der Waals surface area contributed by atoms with Crippen LogP contribution in [0.5, 0.6) is 5.75 Å². The van der Waals surface area contributed by atoms with Gasteiger partial charge in [0.05, 0.1) is 5.69 Å². The van der Waals surface area contributed by atoms with Gasteiger partial charge in [-0.2, -0.15) is 5.10 Å². The molecule has 0 bridgehead atoms. The van der Waals surface area contributed by atoms with Crippen molar-refractivity contribution in [3.8, 4) is 5.75 Å². The van der Waals surface area contributed by atoms with Gasteiger partial charge in [0.2, 0.25) is 5.91 Å². The van der Waals surface area contributed by atoms with Gasteiger partial charge >= 0.3 is 0 Å². The van der Waals surface area contributed by atoms with Gasteiger partial charge in [-0.15, -0.1) is 0 Å². The number of carbonyl (C=O) groups excluding carboxylic acids is 1. The van der Waals surface area contributed by atoms with Crippen molar-refractivity contribution in [1.82, 2.24) is 19.6 Å². The number of hydrogen-bond acceptors (Lipinski definition) is 5. The molecule has 1 amide bonds. The van der Waals surface area contributed by atoms with Crippen molar-refractivity contribution in [2.45, 2.75) is 39.3 Å². The smallest absolute Gasteiger partial charge is 0.267 e. The van der Waals surface area contributed by atoms with Crippen molar-refractivity contribution in [3.05, 3.63) is 57.5 Å². The van der Waals surface area contributed by atoms with Crippen LogP contribution in [-0.4, -0.2) is 58.3 Å². The molecule has 7 heteroatoms. The highest BCUT2D eigenvalue weighted by molar-refractivity contribution is 5.76. The minimum atomic E-state index is -0.200. The minimum absolute atomic E-state index is 0.0113. The minimum Gasteiger partial charge on any atom is -0.492 e. The van der Waals surface area contributed by atoms with E-state index >= 15 is 0 Å². The number of amides is 1. The number of aryl methyl sites for hydroxylation is 1. The Hall–Kier alpha value is -2.67. The predicted octanol–water partition coefficient (Wildman–Crippen LogP) is 1.61. The summed E-state index contributed by atoms with van der Waals surface area (Å²) in [4.78, 5) is 28.9. The largest absolute Gasteiger partial charge is 0.492 e. The van der Waals surface area contributed by atoms with Gasteiger partial charge in [0, 0.05) is 45.2 Å². The molecule has 0 aliphatic carbocycles. The quantitative estimate of drug-likeness (QED) is 0.742. The van der Waals surface area contributed by atoms with E-state index in [1.165, 1.54) is 10.2 Å². The summed E-state index contributed by atoms with van der Waals surface area (Å²) in [7, 11) is 0. The number of nitrogens with zero attached hydrogens (tertiary/aromatic N) is 4. The van der Waals surface area contributed by atoms with Crippen LogP contribution in [0.25, 0.3) is 0 Å². The highest BCUT2D eigenvalue weighted by Crippen LogP contribution is 2.16. The fraction of sp³-hybridized carbons (Fsp3) is 0.500. The van der Waals surface area contributed by atoms with Gasteiger partial charge in [0.25, 0.3) is 5.56 Å². The van der Waals surface area contributed by atoms with E-state index in [2.05, 4.69) is 10.00 Å². The zero-order valence-electron chi connectivity index (χ0n) is 17.0. The van der Waals surface area contributed by atoms with Crippen LogP contribution in [0.2, 0.25) is 0 Å². The lowest BCUT2D eigenvalue weighted by molar-refractivity contribution is -0.131. The average Bonchev–Trinajstić information content (AvgIpc) is 3.24. The Morgan fingerprint density at radius 2 is 2.00 bits per heavy atom. The Bertz CT molecular complexity index is 934. The van der Waals surface area contributed by atoms with Crippen LogP contribution in [-0.2, 0) is 24.3 Å². The van der Waals surface area contributed by atoms with Crippen molar-refractivity contribution in [3.63, 3.8) is 0 Å². The molecule has 0 radical (unpaired) electrons. The first-order chi connectivity index (χ1) is 14.1. The summed E-state index contributed by atoms with van der Waals surface area (Å²) in [5, 5.41) is 4.49. The first-order valence-electron chi connectivity index (χ1n) is 10.4. The lowest BCUT2D eigenvalue weighted by Crippen LogP contribution is -2.39. The maximum Gasteiger partial charge on any atom is 0.267 e. The molecule has 3 heterocycles. The summed E-state index contributed by atoms with van der Waals surface area (Å²) in [6.45, 7) is 6.63. The third-order valence-electron chi connectivity index (χ3n) is 5.63. The highest BCUT2D eigenvalue weighted by Gasteiger charge is 2.22. The van der Waals surface area contributed by atoms with Crippen molar-refractivity contribution in [2.75, 3.05) is 32.8 Å². The number of fused-ring (bicyclic) bond motifs is 1. The molecule has 7 nitrogen and oxygen atoms in total. The molecule has 1 saturated heterocycles. The van der Waals surface area contributed by atoms with Gasteiger partial charge < -0.3 is 9.64 Å². The molecule has 0 unspecified atom stereocenters. The van der Waals surface area contributed by atoms with E-state index in [0.717, 1.165) is 62.4 Å². The summed E-state index contributed by atoms with van der Waals surface area (Å²) in [5.41, 5.74) is 2.87. The molecule has 1 aromatic carbocycles. The average molecular weight is 396 g/mol. The Balaban J connectivity index is 1.34. The molecule has 154 valence electrons. The number of rotatable bonds is 6. The van der Waals surface area contributed by atoms with Crippen LogP contribution >= 0.6 is 0 Å². The van der Waals surface area contributed by atoms with Crippen molar-refractivity contribution < 1.29 is 9.53 Å². The lowest BCUT2D eigenvalue weighted by Gasteiger charge is -2.28. The number of hydrogen-bond donors (Lipinski definition) is 0. The second-order valence-electron chi connectivity index (χ2n) is 7.89. The van der Waals surface area contributed by atoms with Crippen molar-refractivity contribution >= 4 is 5.91 Å². The summed E-state index contributed by atoms with van der Waals surface area (Å²) < 4.78 is 7.18. The molecule has 2 aromatic rings. The van der Waals surface area contributed by atoms with Crippen LogP contribution in [0.3, 0.4) is 0 Å². The van der Waals surface area contributed by atoms with E-state index in [9.17, 15) is 9.59 Å². The molecule has 0 saturated carbocycles. The van der Waals surface area contributed by atoms with Crippen LogP contribution in [0.1, 0.15) is 29.7 Å². The third kappa shape index (κ3) is 4.85. The molecule has 29 heavy (non-hydrogen) atoms. The SMILES string of the molecule is Cc1cccc(OCCN2CCc3nn(CC(=O)N4CCCC4)c(=O)cc3C2)c1. The summed E-state index contributed by atoms with van der Waals surface area (Å²) in [6.07, 6.45) is 2.86. The lowest BCUT2D eigenvalue weighted by atomic mass is 10.1. The number of benzene rings is 1. The Morgan fingerprint density at radius 1 is 1.17 bits per heavy atom. The summed E-state index contributed by atoms with van der Waals surface area (Å²) >= 11 is 0. The second kappa shape index (κ2) is 8.78. The van der Waals surface area contributed by atoms with Gasteiger partial charge in [0.1, 0.15) is 18.9 Å². The molecule has 4 rings (SSSR count). The maximum absolute atomic E-state index is 12.5. The number of aromatic nitrogens is 2. The van der Waals surface area contributed by atoms with Crippen LogP contribution in [0, 0.1) is 6.92 Å². The van der Waals surface area contributed by atoms with E-state index in [1.54, 1.807) is 6.07 Å². The van der Waals surface area contributed by atoms with Crippen LogP contribution < -0.4 is 10.3 Å². The monoisotopic (exact) mass is 396 g/mol. The van der Waals surface area contributed by atoms with Gasteiger partial charge in [-0.25, -0.2) is 4.68 Å². The second-order valence-corrected chi connectivity index (χ2v) is 7.89. The standard InChI is InChI=1S/C22H28N4O3/c1-17-5-4-6-19(13-17)29-12-11-24-10-7-20-18(15-24)14-21(27)26(23-20)16-22(28)25-8-2-3-9-25/h4-6,13-14H,2-3,7-12,15-16H2,1H3. The zero-order valence-corrected chi connectivity index (χ0v) is 17.0. The van der Waals surface area contributed by atoms with Gasteiger partial charge in [-0.05, 0) is 43.0 Å². The normalized spacial score (nSPS) is 16.7. The third-order valence-corrected chi connectivity index (χ3v) is 5.63. The Kier molecular flexibility index (Phi) is 5.94. The number of likely N-dealkylation sites (tertiary alicyclic amines) is 1. The molecule has 0 N–H and O–H groups in total. The van der Waals surface area contributed by atoms with Gasteiger partial charge in [0.15, 0.2) is 0 Å². The molecular weight excluding hydrogens is 368 g/mol. The first-order valence-corrected chi connectivity index (χ1v) is 10.4. The van der Waals surface area contributed by atoms with E-state index in [-0.39, 0.29) is 18.0 Å². The van der Waals surface area contributed by atoms with E-state index in [4.69, 9.17) is 4.74 Å². The van der Waals surface area contributed by atoms with E-state index < -0.39 is 0 Å². The molecule has 2 aliphatic heterocycles. The van der Waals surface area contributed by atoms with Gasteiger partial charge in [-0.1, -0.05) is 12.1 Å². The van der Waals surface area contributed by atoms with Crippen LogP contribution in [0.4, 0.5) is 0 Å². The first kappa shape index (κ1) is 19.6. The van der Waals surface area contributed by atoms with Gasteiger partial charge in [-0.3, -0.25) is 14.5 Å². The van der Waals surface area contributed by atoms with E-state index in [1.807, 2.05) is 36.1 Å². The molecular formula is C22H28N4O3. The zero-order chi connectivity index (χ0) is 20.2. The number of ether oxygens (including phenoxy) is 1. The Morgan fingerprint density at radius 3 is 2.79 bits per heavy atom. The highest BCUT2D eigenvalue weighted by atomic mass is 16.5. The molecule has 1 aromatic heterocycles. The van der Waals surface area contributed by atoms with Crippen molar-refractivity contribution in [1.29, 1.82) is 0 Å². The summed E-state index contributed by atoms with van der Waals surface area (Å²) in [6, 6.07) is 9.68. The Labute approximate surface area is 170 Å². The summed E-state index contributed by atoms with van der Waals surface area (Å²) in [5.74, 6) is 0.873. The molecule has 0 atom stereocenters. The molecule has 0 spiro atoms. The predicted molar refractivity (Wildman–Crippen MR) is 110 cm³/mol. The van der Waals surface area contributed by atoms with Crippen LogP contribution in [0.15, 0.2) is 35.1 Å². The molecule has 1 fully saturated rings. The fourth-order valence-corrected chi connectivity index (χ4v) is 3.99. The van der Waals surface area contributed by atoms with E-state index in [0.29, 0.717) is 13.2 Å². The topological polar surface area (TPSA) is 67.7 Å². The number of carbonyl (C=O) groups is 1.